The van der Waals surface area contributed by atoms with Crippen molar-refractivity contribution >= 4 is 23.0 Å². The van der Waals surface area contributed by atoms with Gasteiger partial charge in [0.1, 0.15) is 0 Å². The van der Waals surface area contributed by atoms with Gasteiger partial charge >= 0.3 is 0 Å². The molecule has 0 fully saturated rings. The van der Waals surface area contributed by atoms with Crippen molar-refractivity contribution < 1.29 is 0 Å². The van der Waals surface area contributed by atoms with Gasteiger partial charge in [-0.15, -0.1) is 0 Å². The highest BCUT2D eigenvalue weighted by atomic mass is 32.1. The van der Waals surface area contributed by atoms with E-state index >= 15 is 0 Å². The monoisotopic (exact) mass is 306 g/mol. The predicted octanol–water partition coefficient (Wildman–Crippen LogP) is 5.29. The summed E-state index contributed by atoms with van der Waals surface area (Å²) in [5.74, 6) is 0. The second-order valence-corrected chi connectivity index (χ2v) is 6.00. The second kappa shape index (κ2) is 11.6. The Bertz CT molecular complexity index is 387. The molecule has 0 heterocycles. The van der Waals surface area contributed by atoms with Crippen LogP contribution in [0.5, 0.6) is 0 Å². The standard InChI is InChI=1S/C18H30N2S/c1-3-5-6-7-8-9-10-16-11-13-17(14-12-16)20-18(21)19-15-4-2/h11-14H,3-10,15H2,1-2H3,(H2,19,20,21). The molecule has 0 amide bonds. The summed E-state index contributed by atoms with van der Waals surface area (Å²) in [5.41, 5.74) is 2.48. The molecule has 1 aromatic rings. The van der Waals surface area contributed by atoms with E-state index in [-0.39, 0.29) is 0 Å². The quantitative estimate of drug-likeness (QED) is 0.454. The highest BCUT2D eigenvalue weighted by Crippen LogP contribution is 2.13. The predicted molar refractivity (Wildman–Crippen MR) is 98.0 cm³/mol. The molecule has 118 valence electrons. The lowest BCUT2D eigenvalue weighted by Gasteiger charge is -2.10. The van der Waals surface area contributed by atoms with Gasteiger partial charge in [-0.05, 0) is 49.2 Å². The molecule has 0 saturated carbocycles. The molecule has 0 aromatic heterocycles. The second-order valence-electron chi connectivity index (χ2n) is 5.60. The van der Waals surface area contributed by atoms with E-state index in [4.69, 9.17) is 12.2 Å². The highest BCUT2D eigenvalue weighted by Gasteiger charge is 1.98. The van der Waals surface area contributed by atoms with Crippen LogP contribution in [0.3, 0.4) is 0 Å². The van der Waals surface area contributed by atoms with Crippen molar-refractivity contribution in [2.75, 3.05) is 11.9 Å². The Morgan fingerprint density at radius 2 is 1.57 bits per heavy atom. The van der Waals surface area contributed by atoms with Crippen LogP contribution in [0.2, 0.25) is 0 Å². The van der Waals surface area contributed by atoms with Gasteiger partial charge in [-0.2, -0.15) is 0 Å². The SMILES string of the molecule is CCCCCCCCc1ccc(NC(=S)NCCC)cc1. The van der Waals surface area contributed by atoms with E-state index in [0.717, 1.165) is 18.7 Å². The maximum absolute atomic E-state index is 5.23. The van der Waals surface area contributed by atoms with Crippen LogP contribution in [0.25, 0.3) is 0 Å². The first-order valence-corrected chi connectivity index (χ1v) is 8.81. The number of unbranched alkanes of at least 4 members (excludes halogenated alkanes) is 5. The first-order valence-electron chi connectivity index (χ1n) is 8.40. The van der Waals surface area contributed by atoms with Gasteiger partial charge in [-0.1, -0.05) is 58.1 Å². The van der Waals surface area contributed by atoms with Crippen LogP contribution in [0.1, 0.15) is 64.4 Å². The Kier molecular flexibility index (Phi) is 9.88. The average Bonchev–Trinajstić information content (AvgIpc) is 2.50. The average molecular weight is 307 g/mol. The lowest BCUT2D eigenvalue weighted by atomic mass is 10.0. The summed E-state index contributed by atoms with van der Waals surface area (Å²) in [6, 6.07) is 8.65. The van der Waals surface area contributed by atoms with Crippen molar-refractivity contribution in [3.05, 3.63) is 29.8 Å². The summed E-state index contributed by atoms with van der Waals surface area (Å²) in [4.78, 5) is 0. The van der Waals surface area contributed by atoms with Crippen molar-refractivity contribution in [1.82, 2.24) is 5.32 Å². The maximum atomic E-state index is 5.23. The molecule has 0 aliphatic rings. The van der Waals surface area contributed by atoms with Crippen LogP contribution in [-0.2, 0) is 6.42 Å². The summed E-state index contributed by atoms with van der Waals surface area (Å²) in [6.45, 7) is 5.31. The van der Waals surface area contributed by atoms with Crippen LogP contribution < -0.4 is 10.6 Å². The van der Waals surface area contributed by atoms with Crippen molar-refractivity contribution in [3.63, 3.8) is 0 Å². The van der Waals surface area contributed by atoms with Crippen molar-refractivity contribution in [2.24, 2.45) is 0 Å². The van der Waals surface area contributed by atoms with E-state index in [9.17, 15) is 0 Å². The molecule has 0 atom stereocenters. The molecule has 2 N–H and O–H groups in total. The topological polar surface area (TPSA) is 24.1 Å². The fraction of sp³-hybridized carbons (Fsp3) is 0.611. The third-order valence-electron chi connectivity index (χ3n) is 3.57. The van der Waals surface area contributed by atoms with E-state index in [1.54, 1.807) is 0 Å². The third-order valence-corrected chi connectivity index (χ3v) is 3.81. The molecule has 0 radical (unpaired) electrons. The van der Waals surface area contributed by atoms with Gasteiger partial charge in [0.25, 0.3) is 0 Å². The number of rotatable bonds is 10. The number of nitrogens with one attached hydrogen (secondary N) is 2. The van der Waals surface area contributed by atoms with Crippen molar-refractivity contribution in [3.8, 4) is 0 Å². The van der Waals surface area contributed by atoms with Crippen LogP contribution in [0, 0.1) is 0 Å². The molecule has 0 aliphatic heterocycles. The van der Waals surface area contributed by atoms with E-state index in [1.807, 2.05) is 0 Å². The lowest BCUT2D eigenvalue weighted by molar-refractivity contribution is 0.607. The first-order chi connectivity index (χ1) is 10.3. The van der Waals surface area contributed by atoms with Gasteiger partial charge in [-0.25, -0.2) is 0 Å². The largest absolute Gasteiger partial charge is 0.362 e. The lowest BCUT2D eigenvalue weighted by Crippen LogP contribution is -2.28. The molecule has 0 unspecified atom stereocenters. The van der Waals surface area contributed by atoms with Gasteiger partial charge in [0.05, 0.1) is 0 Å². The Morgan fingerprint density at radius 3 is 2.24 bits per heavy atom. The van der Waals surface area contributed by atoms with E-state index in [2.05, 4.69) is 48.7 Å². The summed E-state index contributed by atoms with van der Waals surface area (Å²) in [5, 5.41) is 7.10. The van der Waals surface area contributed by atoms with Crippen molar-refractivity contribution in [2.45, 2.75) is 65.2 Å². The minimum absolute atomic E-state index is 0.709. The molecule has 21 heavy (non-hydrogen) atoms. The molecular weight excluding hydrogens is 276 g/mol. The molecule has 3 heteroatoms. The van der Waals surface area contributed by atoms with Crippen LogP contribution in [0.15, 0.2) is 24.3 Å². The molecule has 2 nitrogen and oxygen atoms in total. The van der Waals surface area contributed by atoms with Gasteiger partial charge in [0.15, 0.2) is 5.11 Å². The molecule has 1 rings (SSSR count). The Morgan fingerprint density at radius 1 is 0.905 bits per heavy atom. The van der Waals surface area contributed by atoms with E-state index in [0.29, 0.717) is 5.11 Å². The van der Waals surface area contributed by atoms with Gasteiger partial charge in [0, 0.05) is 12.2 Å². The van der Waals surface area contributed by atoms with Crippen LogP contribution in [0.4, 0.5) is 5.69 Å². The minimum atomic E-state index is 0.709. The summed E-state index contributed by atoms with van der Waals surface area (Å²) >= 11 is 5.23. The van der Waals surface area contributed by atoms with E-state index in [1.165, 1.54) is 50.5 Å². The molecular formula is C18H30N2S. The fourth-order valence-electron chi connectivity index (χ4n) is 2.28. The zero-order valence-corrected chi connectivity index (χ0v) is 14.4. The normalized spacial score (nSPS) is 10.4. The smallest absolute Gasteiger partial charge is 0.170 e. The van der Waals surface area contributed by atoms with E-state index < -0.39 is 0 Å². The number of hydrogen-bond acceptors (Lipinski definition) is 1. The van der Waals surface area contributed by atoms with Crippen LogP contribution in [-0.4, -0.2) is 11.7 Å². The summed E-state index contributed by atoms with van der Waals surface area (Å²) in [6.07, 6.45) is 10.4. The van der Waals surface area contributed by atoms with Gasteiger partial charge < -0.3 is 10.6 Å². The third kappa shape index (κ3) is 8.71. The Hall–Kier alpha value is -1.09. The maximum Gasteiger partial charge on any atom is 0.170 e. The number of anilines is 1. The number of aryl methyl sites for hydroxylation is 1. The number of thiocarbonyl (C=S) groups is 1. The Labute approximate surface area is 135 Å². The summed E-state index contributed by atoms with van der Waals surface area (Å²) < 4.78 is 0. The number of hydrogen-bond donors (Lipinski definition) is 2. The zero-order valence-electron chi connectivity index (χ0n) is 13.6. The summed E-state index contributed by atoms with van der Waals surface area (Å²) in [7, 11) is 0. The minimum Gasteiger partial charge on any atom is -0.362 e. The first kappa shape index (κ1) is 18.0. The van der Waals surface area contributed by atoms with Crippen molar-refractivity contribution in [1.29, 1.82) is 0 Å². The molecule has 0 aliphatic carbocycles. The molecule has 1 aromatic carbocycles. The molecule has 0 bridgehead atoms. The number of benzene rings is 1. The van der Waals surface area contributed by atoms with Crippen LogP contribution >= 0.6 is 12.2 Å². The fourth-order valence-corrected chi connectivity index (χ4v) is 2.50. The molecule has 0 spiro atoms. The van der Waals surface area contributed by atoms with Gasteiger partial charge in [0.2, 0.25) is 0 Å². The highest BCUT2D eigenvalue weighted by molar-refractivity contribution is 7.80. The molecule has 0 saturated heterocycles. The Balaban J connectivity index is 2.22. The van der Waals surface area contributed by atoms with Gasteiger partial charge in [-0.3, -0.25) is 0 Å². The zero-order chi connectivity index (χ0) is 15.3.